The van der Waals surface area contributed by atoms with Crippen LogP contribution in [0.4, 0.5) is 5.69 Å². The zero-order valence-electron chi connectivity index (χ0n) is 18.8. The summed E-state index contributed by atoms with van der Waals surface area (Å²) in [6, 6.07) is 7.03. The maximum absolute atomic E-state index is 14.0. The molecule has 8 nitrogen and oxygen atoms in total. The quantitative estimate of drug-likeness (QED) is 0.378. The van der Waals surface area contributed by atoms with Crippen molar-refractivity contribution in [2.75, 3.05) is 18.7 Å². The van der Waals surface area contributed by atoms with Crippen LogP contribution in [0.5, 0.6) is 5.75 Å². The van der Waals surface area contributed by atoms with Crippen LogP contribution in [-0.2, 0) is 23.9 Å². The van der Waals surface area contributed by atoms with E-state index in [-0.39, 0.29) is 72.0 Å². The molecule has 2 aliphatic heterocycles. The molecule has 1 aromatic carbocycles. The molecule has 2 heterocycles. The highest BCUT2D eigenvalue weighted by atomic mass is 16.6. The Balaban J connectivity index is 1.22. The lowest BCUT2D eigenvalue weighted by atomic mass is 9.79. The number of fused-ring (bicyclic) bond motifs is 6. The summed E-state index contributed by atoms with van der Waals surface area (Å²) in [6.07, 6.45) is 6.44. The van der Waals surface area contributed by atoms with Crippen LogP contribution in [-0.4, -0.2) is 48.5 Å². The van der Waals surface area contributed by atoms with E-state index < -0.39 is 11.8 Å². The second kappa shape index (κ2) is 6.93. The molecule has 34 heavy (non-hydrogen) atoms. The van der Waals surface area contributed by atoms with Crippen LogP contribution in [0.2, 0.25) is 0 Å². The number of hydrogen-bond acceptors (Lipinski definition) is 6. The number of carbonyl (C=O) groups is 4. The number of allylic oxidation sites excluding steroid dienone is 2. The van der Waals surface area contributed by atoms with E-state index >= 15 is 0 Å². The number of carbonyl (C=O) groups excluding carboxylic acids is 4. The molecule has 6 aliphatic rings. The van der Waals surface area contributed by atoms with E-state index in [0.717, 1.165) is 12.8 Å². The Morgan fingerprint density at radius 2 is 1.68 bits per heavy atom. The van der Waals surface area contributed by atoms with Gasteiger partial charge in [-0.15, -0.1) is 0 Å². The lowest BCUT2D eigenvalue weighted by Gasteiger charge is -2.33. The van der Waals surface area contributed by atoms with Crippen molar-refractivity contribution in [3.63, 3.8) is 0 Å². The van der Waals surface area contributed by atoms with Gasteiger partial charge < -0.3 is 9.47 Å². The first-order chi connectivity index (χ1) is 16.5. The van der Waals surface area contributed by atoms with Gasteiger partial charge in [-0.3, -0.25) is 29.0 Å². The monoisotopic (exact) mass is 462 g/mol. The fourth-order valence-electron chi connectivity index (χ4n) is 7.81. The maximum atomic E-state index is 14.0. The van der Waals surface area contributed by atoms with Crippen molar-refractivity contribution in [1.82, 2.24) is 4.90 Å². The number of anilines is 1. The Labute approximate surface area is 196 Å². The van der Waals surface area contributed by atoms with Crippen molar-refractivity contribution in [1.29, 1.82) is 0 Å². The number of nitrogens with zero attached hydrogens (tertiary/aromatic N) is 2. The minimum absolute atomic E-state index is 0.0647. The Hall–Kier alpha value is -3.16. The van der Waals surface area contributed by atoms with Gasteiger partial charge in [-0.25, -0.2) is 0 Å². The van der Waals surface area contributed by atoms with Crippen molar-refractivity contribution in [3.8, 4) is 5.75 Å². The molecule has 9 atom stereocenters. The number of imide groups is 1. The highest BCUT2D eigenvalue weighted by Crippen LogP contribution is 2.58. The van der Waals surface area contributed by atoms with Gasteiger partial charge in [0.2, 0.25) is 17.7 Å². The fraction of sp³-hybridized carbons (Fsp3) is 0.538. The minimum atomic E-state index is -0.483. The summed E-state index contributed by atoms with van der Waals surface area (Å²) in [4.78, 5) is 56.1. The van der Waals surface area contributed by atoms with Gasteiger partial charge in [0.25, 0.3) is 0 Å². The van der Waals surface area contributed by atoms with Gasteiger partial charge in [0.05, 0.1) is 30.8 Å². The summed E-state index contributed by atoms with van der Waals surface area (Å²) in [7, 11) is 1.57. The molecule has 9 unspecified atom stereocenters. The summed E-state index contributed by atoms with van der Waals surface area (Å²) in [6.45, 7) is -0.131. The van der Waals surface area contributed by atoms with Gasteiger partial charge in [0.15, 0.2) is 0 Å². The summed E-state index contributed by atoms with van der Waals surface area (Å²) in [5, 5.41) is 0. The lowest BCUT2D eigenvalue weighted by molar-refractivity contribution is -0.146. The molecule has 0 N–H and O–H groups in total. The number of hydrogen-bond donors (Lipinski definition) is 0. The Bertz CT molecular complexity index is 1110. The zero-order chi connectivity index (χ0) is 23.3. The molecular formula is C26H26N2O6. The topological polar surface area (TPSA) is 93.2 Å². The van der Waals surface area contributed by atoms with Crippen LogP contribution in [0.3, 0.4) is 0 Å². The number of rotatable bonds is 5. The third-order valence-electron chi connectivity index (χ3n) is 9.26. The number of esters is 1. The predicted octanol–water partition coefficient (Wildman–Crippen LogP) is 1.99. The number of methoxy groups -OCH3 is 1. The van der Waals surface area contributed by atoms with Crippen LogP contribution in [0, 0.1) is 47.3 Å². The van der Waals surface area contributed by atoms with Gasteiger partial charge in [-0.2, -0.15) is 0 Å². The third kappa shape index (κ3) is 2.54. The molecule has 3 amide bonds. The van der Waals surface area contributed by atoms with Crippen LogP contribution in [0.15, 0.2) is 36.4 Å². The largest absolute Gasteiger partial charge is 0.497 e. The van der Waals surface area contributed by atoms with Gasteiger partial charge >= 0.3 is 5.97 Å². The predicted molar refractivity (Wildman–Crippen MR) is 118 cm³/mol. The Kier molecular flexibility index (Phi) is 4.12. The van der Waals surface area contributed by atoms with E-state index in [1.807, 2.05) is 0 Å². The second-order valence-corrected chi connectivity index (χ2v) is 10.6. The minimum Gasteiger partial charge on any atom is -0.497 e. The van der Waals surface area contributed by atoms with Crippen molar-refractivity contribution in [3.05, 3.63) is 36.4 Å². The van der Waals surface area contributed by atoms with Gasteiger partial charge in [-0.1, -0.05) is 12.2 Å². The molecule has 0 radical (unpaired) electrons. The molecule has 1 aromatic rings. The third-order valence-corrected chi connectivity index (χ3v) is 9.26. The number of likely N-dealkylation sites (tertiary alicyclic amines) is 1. The number of ether oxygens (including phenoxy) is 2. The van der Waals surface area contributed by atoms with E-state index in [0.29, 0.717) is 17.9 Å². The number of benzene rings is 1. The summed E-state index contributed by atoms with van der Waals surface area (Å²) in [5.74, 6) is -1.37. The van der Waals surface area contributed by atoms with Crippen molar-refractivity contribution in [2.45, 2.75) is 25.4 Å². The maximum Gasteiger partial charge on any atom is 0.310 e. The van der Waals surface area contributed by atoms with Crippen molar-refractivity contribution < 1.29 is 28.7 Å². The van der Waals surface area contributed by atoms with Gasteiger partial charge in [0, 0.05) is 11.6 Å². The normalized spacial score (nSPS) is 40.3. The second-order valence-electron chi connectivity index (χ2n) is 10.6. The highest BCUT2D eigenvalue weighted by molar-refractivity contribution is 6.08. The standard InChI is InChI=1S/C26H26N2O6/c1-33-16-6-4-15(5-7-16)27(23(29)21-14-9-17-18(10-14)34-26(32)22(17)21)11-28-24(30)19-12-2-3-13(8-12)20(19)25(28)31/h2-7,12-14,17-22H,8-11H2,1H3. The molecule has 4 aliphatic carbocycles. The average Bonchev–Trinajstić information content (AvgIpc) is 3.66. The van der Waals surface area contributed by atoms with E-state index in [9.17, 15) is 19.2 Å². The van der Waals surface area contributed by atoms with E-state index in [4.69, 9.17) is 9.47 Å². The first-order valence-corrected chi connectivity index (χ1v) is 12.2. The summed E-state index contributed by atoms with van der Waals surface area (Å²) >= 11 is 0. The SMILES string of the molecule is COc1ccc(N(CN2C(=O)C3C4C=CC(C4)C3C2=O)C(=O)C2C3CC4OC(=O)C2C4C3)cc1. The van der Waals surface area contributed by atoms with Crippen LogP contribution < -0.4 is 9.64 Å². The van der Waals surface area contributed by atoms with Crippen LogP contribution in [0.25, 0.3) is 0 Å². The molecule has 4 bridgehead atoms. The van der Waals surface area contributed by atoms with Crippen molar-refractivity contribution >= 4 is 29.4 Å². The summed E-state index contributed by atoms with van der Waals surface area (Å²) in [5.41, 5.74) is 0.579. The molecule has 2 saturated heterocycles. The van der Waals surface area contributed by atoms with E-state index in [1.54, 1.807) is 31.4 Å². The van der Waals surface area contributed by atoms with E-state index in [1.165, 1.54) is 9.80 Å². The average molecular weight is 463 g/mol. The highest BCUT2D eigenvalue weighted by Gasteiger charge is 2.65. The molecule has 0 aromatic heterocycles. The van der Waals surface area contributed by atoms with Gasteiger partial charge in [-0.05, 0) is 61.3 Å². The molecule has 7 rings (SSSR count). The number of amides is 3. The summed E-state index contributed by atoms with van der Waals surface area (Å²) < 4.78 is 10.8. The molecule has 5 fully saturated rings. The first-order valence-electron chi connectivity index (χ1n) is 12.2. The molecule has 3 saturated carbocycles. The first kappa shape index (κ1) is 20.2. The zero-order valence-corrected chi connectivity index (χ0v) is 18.8. The van der Waals surface area contributed by atoms with Crippen LogP contribution in [0.1, 0.15) is 19.3 Å². The van der Waals surface area contributed by atoms with E-state index in [2.05, 4.69) is 12.2 Å². The molecule has 176 valence electrons. The van der Waals surface area contributed by atoms with Gasteiger partial charge in [0.1, 0.15) is 18.5 Å². The molecule has 8 heteroatoms. The Morgan fingerprint density at radius 3 is 2.32 bits per heavy atom. The lowest BCUT2D eigenvalue weighted by Crippen LogP contribution is -2.49. The van der Waals surface area contributed by atoms with Crippen LogP contribution >= 0.6 is 0 Å². The molecule has 0 spiro atoms. The molecular weight excluding hydrogens is 436 g/mol. The fourth-order valence-corrected chi connectivity index (χ4v) is 7.81. The van der Waals surface area contributed by atoms with Crippen molar-refractivity contribution in [2.24, 2.45) is 47.3 Å². The Morgan fingerprint density at radius 1 is 1.00 bits per heavy atom. The smallest absolute Gasteiger partial charge is 0.310 e.